The number of ketones is 1. The van der Waals surface area contributed by atoms with Crippen molar-refractivity contribution in [3.8, 4) is 11.3 Å². The molecule has 1 aliphatic rings. The predicted octanol–water partition coefficient (Wildman–Crippen LogP) is 3.23. The number of Topliss-reactive ketones (excluding diaryl/α,β-unsaturated/α-hetero) is 1. The highest BCUT2D eigenvalue weighted by Crippen LogP contribution is 2.31. The van der Waals surface area contributed by atoms with E-state index in [0.717, 1.165) is 22.7 Å². The van der Waals surface area contributed by atoms with Crippen molar-refractivity contribution < 1.29 is 22.7 Å². The van der Waals surface area contributed by atoms with Crippen molar-refractivity contribution in [3.63, 3.8) is 0 Å². The number of fused-ring (bicyclic) bond motifs is 1. The Morgan fingerprint density at radius 3 is 2.35 bits per heavy atom. The second-order valence-electron chi connectivity index (χ2n) is 7.75. The highest BCUT2D eigenvalue weighted by Gasteiger charge is 2.30. The number of rotatable bonds is 6. The zero-order valence-corrected chi connectivity index (χ0v) is 18.0. The molecule has 7 nitrogen and oxygen atoms in total. The molecule has 162 valence electrons. The van der Waals surface area contributed by atoms with Gasteiger partial charge in [-0.05, 0) is 24.5 Å². The van der Waals surface area contributed by atoms with Crippen molar-refractivity contribution in [1.82, 2.24) is 9.29 Å². The van der Waals surface area contributed by atoms with Crippen molar-refractivity contribution in [2.24, 2.45) is 5.92 Å². The van der Waals surface area contributed by atoms with Gasteiger partial charge in [0.05, 0.1) is 23.4 Å². The second-order valence-corrected chi connectivity index (χ2v) is 9.74. The summed E-state index contributed by atoms with van der Waals surface area (Å²) in [7, 11) is -3.26. The molecule has 4 rings (SSSR count). The molecule has 0 bridgehead atoms. The fourth-order valence-corrected chi connectivity index (χ4v) is 4.88. The van der Waals surface area contributed by atoms with Gasteiger partial charge in [0, 0.05) is 24.0 Å². The largest absolute Gasteiger partial charge is 0.457 e. The van der Waals surface area contributed by atoms with Crippen LogP contribution in [0.3, 0.4) is 0 Å². The summed E-state index contributed by atoms with van der Waals surface area (Å²) in [5.41, 5.74) is 2.91. The summed E-state index contributed by atoms with van der Waals surface area (Å²) in [6, 6.07) is 17.1. The normalized spacial score (nSPS) is 15.8. The Bertz CT molecular complexity index is 1210. The van der Waals surface area contributed by atoms with Gasteiger partial charge in [0.25, 0.3) is 0 Å². The van der Waals surface area contributed by atoms with E-state index in [1.165, 1.54) is 4.31 Å². The highest BCUT2D eigenvalue weighted by molar-refractivity contribution is 7.88. The number of piperidine rings is 1. The third-order valence-electron chi connectivity index (χ3n) is 5.65. The lowest BCUT2D eigenvalue weighted by atomic mass is 9.98. The maximum absolute atomic E-state index is 13.1. The first kappa shape index (κ1) is 21.3. The van der Waals surface area contributed by atoms with Crippen LogP contribution in [0, 0.1) is 5.92 Å². The first-order valence-electron chi connectivity index (χ1n) is 10.2. The standard InChI is InChI=1S/C23H24N2O5S/c1-31(28,29)25-13-11-17(12-14-25)23(27)30-15-20(26)21-18-9-5-6-10-19(18)24-22(21)16-7-3-2-4-8-16/h2-10,17,24H,11-15H2,1H3. The fourth-order valence-electron chi connectivity index (χ4n) is 4.00. The maximum atomic E-state index is 13.1. The molecule has 31 heavy (non-hydrogen) atoms. The van der Waals surface area contributed by atoms with Gasteiger partial charge < -0.3 is 9.72 Å². The zero-order chi connectivity index (χ0) is 22.0. The molecular formula is C23H24N2O5S. The van der Waals surface area contributed by atoms with Crippen molar-refractivity contribution in [2.75, 3.05) is 26.0 Å². The first-order chi connectivity index (χ1) is 14.8. The van der Waals surface area contributed by atoms with Gasteiger partial charge in [-0.3, -0.25) is 9.59 Å². The molecule has 1 aromatic heterocycles. The summed E-state index contributed by atoms with van der Waals surface area (Å²) in [5, 5.41) is 0.781. The number of nitrogens with zero attached hydrogens (tertiary/aromatic N) is 1. The fraction of sp³-hybridized carbons (Fsp3) is 0.304. The van der Waals surface area contributed by atoms with Crippen molar-refractivity contribution in [2.45, 2.75) is 12.8 Å². The molecule has 0 radical (unpaired) electrons. The van der Waals surface area contributed by atoms with Crippen LogP contribution in [0.4, 0.5) is 0 Å². The van der Waals surface area contributed by atoms with Crippen LogP contribution in [-0.2, 0) is 19.6 Å². The van der Waals surface area contributed by atoms with E-state index < -0.39 is 21.9 Å². The van der Waals surface area contributed by atoms with Crippen LogP contribution in [0.1, 0.15) is 23.2 Å². The molecule has 0 atom stereocenters. The number of sulfonamides is 1. The second kappa shape index (κ2) is 8.64. The third-order valence-corrected chi connectivity index (χ3v) is 6.95. The quantitative estimate of drug-likeness (QED) is 0.469. The van der Waals surface area contributed by atoms with Gasteiger partial charge in [0.1, 0.15) is 0 Å². The Balaban J connectivity index is 1.49. The van der Waals surface area contributed by atoms with E-state index in [0.29, 0.717) is 24.1 Å². The lowest BCUT2D eigenvalue weighted by Gasteiger charge is -2.28. The van der Waals surface area contributed by atoms with E-state index in [1.807, 2.05) is 54.6 Å². The smallest absolute Gasteiger partial charge is 0.309 e. The molecule has 1 aliphatic heterocycles. The van der Waals surface area contributed by atoms with E-state index >= 15 is 0 Å². The molecule has 0 amide bonds. The van der Waals surface area contributed by atoms with E-state index in [-0.39, 0.29) is 25.5 Å². The van der Waals surface area contributed by atoms with Crippen LogP contribution in [0.2, 0.25) is 0 Å². The molecular weight excluding hydrogens is 416 g/mol. The van der Waals surface area contributed by atoms with E-state index in [1.54, 1.807) is 0 Å². The average Bonchev–Trinajstić information content (AvgIpc) is 3.17. The molecule has 8 heteroatoms. The summed E-state index contributed by atoms with van der Waals surface area (Å²) in [5.74, 6) is -1.14. The Kier molecular flexibility index (Phi) is 5.93. The molecule has 2 heterocycles. The lowest BCUT2D eigenvalue weighted by molar-refractivity contribution is -0.148. The van der Waals surface area contributed by atoms with Gasteiger partial charge in [-0.2, -0.15) is 0 Å². The summed E-state index contributed by atoms with van der Waals surface area (Å²) in [6.07, 6.45) is 1.95. The molecule has 1 saturated heterocycles. The zero-order valence-electron chi connectivity index (χ0n) is 17.2. The minimum Gasteiger partial charge on any atom is -0.457 e. The monoisotopic (exact) mass is 440 g/mol. The number of hydrogen-bond donors (Lipinski definition) is 1. The molecule has 3 aromatic rings. The number of aromatic amines is 1. The topological polar surface area (TPSA) is 96.5 Å². The summed E-state index contributed by atoms with van der Waals surface area (Å²) in [4.78, 5) is 28.9. The molecule has 0 unspecified atom stereocenters. The van der Waals surface area contributed by atoms with Gasteiger partial charge >= 0.3 is 5.97 Å². The Labute approximate surface area is 181 Å². The molecule has 0 spiro atoms. The number of esters is 1. The number of ether oxygens (including phenoxy) is 1. The van der Waals surface area contributed by atoms with Crippen LogP contribution in [-0.4, -0.2) is 55.4 Å². The van der Waals surface area contributed by atoms with E-state index in [9.17, 15) is 18.0 Å². The predicted molar refractivity (Wildman–Crippen MR) is 118 cm³/mol. The van der Waals surface area contributed by atoms with Gasteiger partial charge in [0.15, 0.2) is 6.61 Å². The minimum atomic E-state index is -3.26. The summed E-state index contributed by atoms with van der Waals surface area (Å²) < 4.78 is 30.0. The maximum Gasteiger partial charge on any atom is 0.309 e. The van der Waals surface area contributed by atoms with Crippen LogP contribution >= 0.6 is 0 Å². The number of benzene rings is 2. The van der Waals surface area contributed by atoms with E-state index in [2.05, 4.69) is 4.98 Å². The number of carbonyl (C=O) groups is 2. The highest BCUT2D eigenvalue weighted by atomic mass is 32.2. The van der Waals surface area contributed by atoms with Crippen molar-refractivity contribution in [3.05, 3.63) is 60.2 Å². The Hall–Kier alpha value is -2.97. The van der Waals surface area contributed by atoms with Crippen LogP contribution in [0.5, 0.6) is 0 Å². The van der Waals surface area contributed by atoms with Crippen molar-refractivity contribution >= 4 is 32.7 Å². The lowest BCUT2D eigenvalue weighted by Crippen LogP contribution is -2.40. The molecule has 1 N–H and O–H groups in total. The summed E-state index contributed by atoms with van der Waals surface area (Å²) >= 11 is 0. The SMILES string of the molecule is CS(=O)(=O)N1CCC(C(=O)OCC(=O)c2c(-c3ccccc3)[nH]c3ccccc23)CC1. The Morgan fingerprint density at radius 1 is 1.03 bits per heavy atom. The molecule has 1 fully saturated rings. The number of aromatic nitrogens is 1. The van der Waals surface area contributed by atoms with Crippen LogP contribution in [0.25, 0.3) is 22.2 Å². The number of para-hydroxylation sites is 1. The first-order valence-corrected chi connectivity index (χ1v) is 12.0. The number of hydrogen-bond acceptors (Lipinski definition) is 5. The molecule has 0 saturated carbocycles. The van der Waals surface area contributed by atoms with Gasteiger partial charge in [-0.15, -0.1) is 0 Å². The third kappa shape index (κ3) is 4.55. The number of carbonyl (C=O) groups excluding carboxylic acids is 2. The average molecular weight is 441 g/mol. The van der Waals surface area contributed by atoms with Crippen LogP contribution in [0.15, 0.2) is 54.6 Å². The van der Waals surface area contributed by atoms with Crippen LogP contribution < -0.4 is 0 Å². The van der Waals surface area contributed by atoms with E-state index in [4.69, 9.17) is 4.74 Å². The van der Waals surface area contributed by atoms with Crippen molar-refractivity contribution in [1.29, 1.82) is 0 Å². The minimum absolute atomic E-state index is 0.279. The molecule has 2 aromatic carbocycles. The number of H-pyrrole nitrogens is 1. The van der Waals surface area contributed by atoms with Gasteiger partial charge in [-0.25, -0.2) is 12.7 Å². The molecule has 0 aliphatic carbocycles. The van der Waals surface area contributed by atoms with Gasteiger partial charge in [0.2, 0.25) is 15.8 Å². The Morgan fingerprint density at radius 2 is 1.68 bits per heavy atom. The summed E-state index contributed by atoms with van der Waals surface area (Å²) in [6.45, 7) is 0.215. The van der Waals surface area contributed by atoms with Gasteiger partial charge in [-0.1, -0.05) is 48.5 Å². The number of nitrogens with one attached hydrogen (secondary N) is 1.